The molecule has 0 spiro atoms. The lowest BCUT2D eigenvalue weighted by Gasteiger charge is -2.40. The Morgan fingerprint density at radius 3 is 1.77 bits per heavy atom. The van der Waals surface area contributed by atoms with E-state index in [1.54, 1.807) is 42.5 Å². The molecule has 0 saturated carbocycles. The third kappa shape index (κ3) is 7.92. The molecule has 3 aromatic carbocycles. The standard InChI is InChI=1S/C33H36O15/c34-14-23-25(36)27(38)29(40)33(47-23)46-22-13-7-6-12-21(22)43-15-19(35)18-10-4-5-11-20(18)45-32-30(41)28(39)26(37)24(48-32)16-44-31(42)17-8-2-1-3-9-17/h1-13,23-30,32-34,36-41H,14-16H2. The number of benzene rings is 3. The second-order valence-electron chi connectivity index (χ2n) is 11.1. The molecule has 7 N–H and O–H groups in total. The van der Waals surface area contributed by atoms with Crippen LogP contribution in [0.4, 0.5) is 0 Å². The summed E-state index contributed by atoms with van der Waals surface area (Å²) in [5.74, 6) is -1.26. The summed E-state index contributed by atoms with van der Waals surface area (Å²) in [6.45, 7) is -1.68. The summed E-state index contributed by atoms with van der Waals surface area (Å²) in [4.78, 5) is 25.7. The zero-order valence-corrected chi connectivity index (χ0v) is 25.3. The maximum absolute atomic E-state index is 13.3. The first kappa shape index (κ1) is 35.2. The average Bonchev–Trinajstić information content (AvgIpc) is 3.11. The largest absolute Gasteiger partial charge is 0.482 e. The number of Topliss-reactive ketones (excluding diaryl/α,β-unsaturated/α-hetero) is 1. The number of aliphatic hydroxyl groups is 7. The molecule has 15 nitrogen and oxygen atoms in total. The summed E-state index contributed by atoms with van der Waals surface area (Å²) in [5, 5.41) is 71.5. The van der Waals surface area contributed by atoms with Crippen molar-refractivity contribution in [3.8, 4) is 17.2 Å². The van der Waals surface area contributed by atoms with E-state index in [0.717, 1.165) is 0 Å². The first-order valence-electron chi connectivity index (χ1n) is 15.0. The van der Waals surface area contributed by atoms with Crippen LogP contribution < -0.4 is 14.2 Å². The monoisotopic (exact) mass is 672 g/mol. The summed E-state index contributed by atoms with van der Waals surface area (Å²) in [6.07, 6.45) is -15.6. The molecular formula is C33H36O15. The fourth-order valence-corrected chi connectivity index (χ4v) is 5.07. The highest BCUT2D eigenvalue weighted by Crippen LogP contribution is 2.32. The normalized spacial score (nSPS) is 30.2. The Labute approximate surface area is 274 Å². The predicted octanol–water partition coefficient (Wildman–Crippen LogP) is -0.830. The van der Waals surface area contributed by atoms with Crippen molar-refractivity contribution in [2.75, 3.05) is 19.8 Å². The van der Waals surface area contributed by atoms with Gasteiger partial charge in [-0.2, -0.15) is 0 Å². The van der Waals surface area contributed by atoms with Gasteiger partial charge in [0, 0.05) is 0 Å². The van der Waals surface area contributed by atoms with Crippen LogP contribution in [0, 0.1) is 0 Å². The molecule has 0 amide bonds. The van der Waals surface area contributed by atoms with Gasteiger partial charge in [-0.3, -0.25) is 4.79 Å². The quantitative estimate of drug-likeness (QED) is 0.0920. The third-order valence-electron chi connectivity index (χ3n) is 7.79. The van der Waals surface area contributed by atoms with Crippen LogP contribution in [-0.4, -0.2) is 129 Å². The van der Waals surface area contributed by atoms with Crippen molar-refractivity contribution in [3.63, 3.8) is 0 Å². The van der Waals surface area contributed by atoms with E-state index in [-0.39, 0.29) is 28.4 Å². The molecule has 15 heteroatoms. The smallest absolute Gasteiger partial charge is 0.338 e. The molecule has 0 radical (unpaired) electrons. The van der Waals surface area contributed by atoms with E-state index < -0.39 is 93.0 Å². The van der Waals surface area contributed by atoms with Crippen molar-refractivity contribution < 1.29 is 73.8 Å². The summed E-state index contributed by atoms with van der Waals surface area (Å²) >= 11 is 0. The van der Waals surface area contributed by atoms with Crippen molar-refractivity contribution in [2.24, 2.45) is 0 Å². The number of hydrogen-bond donors (Lipinski definition) is 7. The molecule has 2 aliphatic rings. The lowest BCUT2D eigenvalue weighted by molar-refractivity contribution is -0.277. The number of esters is 1. The number of hydrogen-bond acceptors (Lipinski definition) is 15. The molecule has 0 bridgehead atoms. The van der Waals surface area contributed by atoms with E-state index in [0.29, 0.717) is 0 Å². The van der Waals surface area contributed by atoms with Gasteiger partial charge in [0.1, 0.15) is 61.2 Å². The lowest BCUT2D eigenvalue weighted by Crippen LogP contribution is -2.60. The highest BCUT2D eigenvalue weighted by Gasteiger charge is 2.46. The molecular weight excluding hydrogens is 636 g/mol. The minimum Gasteiger partial charge on any atom is -0.482 e. The summed E-state index contributed by atoms with van der Waals surface area (Å²) < 4.78 is 33.5. The minimum absolute atomic E-state index is 0.00769. The van der Waals surface area contributed by atoms with Crippen LogP contribution in [0.3, 0.4) is 0 Å². The van der Waals surface area contributed by atoms with Gasteiger partial charge in [0.25, 0.3) is 0 Å². The molecule has 10 atom stereocenters. The van der Waals surface area contributed by atoms with Gasteiger partial charge in [0.15, 0.2) is 18.1 Å². The van der Waals surface area contributed by atoms with Crippen LogP contribution >= 0.6 is 0 Å². The Kier molecular flexibility index (Phi) is 11.6. The Balaban J connectivity index is 1.23. The molecule has 48 heavy (non-hydrogen) atoms. The van der Waals surface area contributed by atoms with Crippen molar-refractivity contribution in [2.45, 2.75) is 61.4 Å². The van der Waals surface area contributed by atoms with Crippen molar-refractivity contribution in [1.29, 1.82) is 0 Å². The maximum atomic E-state index is 13.3. The Morgan fingerprint density at radius 2 is 1.12 bits per heavy atom. The van der Waals surface area contributed by atoms with E-state index in [1.807, 2.05) is 0 Å². The zero-order chi connectivity index (χ0) is 34.4. The number of rotatable bonds is 12. The second-order valence-corrected chi connectivity index (χ2v) is 11.1. The van der Waals surface area contributed by atoms with Gasteiger partial charge in [-0.05, 0) is 36.4 Å². The van der Waals surface area contributed by atoms with Gasteiger partial charge in [-0.25, -0.2) is 4.79 Å². The molecule has 2 saturated heterocycles. The lowest BCUT2D eigenvalue weighted by atomic mass is 9.99. The molecule has 0 aliphatic carbocycles. The van der Waals surface area contributed by atoms with E-state index in [4.69, 9.17) is 28.4 Å². The predicted molar refractivity (Wildman–Crippen MR) is 161 cm³/mol. The van der Waals surface area contributed by atoms with Gasteiger partial charge in [0.05, 0.1) is 17.7 Å². The fraction of sp³-hybridized carbons (Fsp3) is 0.394. The average molecular weight is 673 g/mol. The van der Waals surface area contributed by atoms with Crippen molar-refractivity contribution in [3.05, 3.63) is 90.0 Å². The highest BCUT2D eigenvalue weighted by atomic mass is 16.7. The van der Waals surface area contributed by atoms with Gasteiger partial charge in [-0.1, -0.05) is 42.5 Å². The summed E-state index contributed by atoms with van der Waals surface area (Å²) in [6, 6.07) is 20.1. The van der Waals surface area contributed by atoms with Crippen LogP contribution in [0.25, 0.3) is 0 Å². The third-order valence-corrected chi connectivity index (χ3v) is 7.79. The molecule has 258 valence electrons. The number of ether oxygens (including phenoxy) is 6. The SMILES string of the molecule is O=C(OCC1OC(Oc2ccccc2C(=O)COc2ccccc2OC2OC(CO)C(O)C(O)C2O)C(O)C(O)C1O)c1ccccc1. The van der Waals surface area contributed by atoms with Gasteiger partial charge in [-0.15, -0.1) is 0 Å². The Hall–Kier alpha value is -4.16. The van der Waals surface area contributed by atoms with Crippen LogP contribution in [0.15, 0.2) is 78.9 Å². The first-order valence-corrected chi connectivity index (χ1v) is 15.0. The fourth-order valence-electron chi connectivity index (χ4n) is 5.07. The van der Waals surface area contributed by atoms with Crippen molar-refractivity contribution >= 4 is 11.8 Å². The maximum Gasteiger partial charge on any atom is 0.338 e. The molecule has 10 unspecified atom stereocenters. The molecule has 2 aliphatic heterocycles. The van der Waals surface area contributed by atoms with Crippen LogP contribution in [0.2, 0.25) is 0 Å². The molecule has 5 rings (SSSR count). The molecule has 2 heterocycles. The van der Waals surface area contributed by atoms with Crippen molar-refractivity contribution in [1.82, 2.24) is 0 Å². The van der Waals surface area contributed by atoms with Gasteiger partial charge >= 0.3 is 5.97 Å². The topological polar surface area (TPSA) is 231 Å². The Bertz CT molecular complexity index is 1520. The van der Waals surface area contributed by atoms with E-state index >= 15 is 0 Å². The number of aliphatic hydroxyl groups excluding tert-OH is 7. The van der Waals surface area contributed by atoms with Crippen LogP contribution in [-0.2, 0) is 14.2 Å². The second kappa shape index (κ2) is 15.8. The van der Waals surface area contributed by atoms with Crippen LogP contribution in [0.5, 0.6) is 17.2 Å². The number of carbonyl (C=O) groups is 2. The summed E-state index contributed by atoms with van der Waals surface area (Å²) in [5.41, 5.74) is 0.266. The van der Waals surface area contributed by atoms with Gasteiger partial charge < -0.3 is 64.2 Å². The number of ketones is 1. The van der Waals surface area contributed by atoms with E-state index in [2.05, 4.69) is 0 Å². The first-order chi connectivity index (χ1) is 23.1. The van der Waals surface area contributed by atoms with Gasteiger partial charge in [0.2, 0.25) is 18.4 Å². The minimum atomic E-state index is -1.74. The molecule has 3 aromatic rings. The zero-order valence-electron chi connectivity index (χ0n) is 25.3. The van der Waals surface area contributed by atoms with Crippen LogP contribution in [0.1, 0.15) is 20.7 Å². The molecule has 2 fully saturated rings. The Morgan fingerprint density at radius 1 is 0.604 bits per heavy atom. The summed E-state index contributed by atoms with van der Waals surface area (Å²) in [7, 11) is 0. The van der Waals surface area contributed by atoms with E-state index in [1.165, 1.54) is 36.4 Å². The highest BCUT2D eigenvalue weighted by molar-refractivity contribution is 5.99. The number of carbonyl (C=O) groups excluding carboxylic acids is 2. The van der Waals surface area contributed by atoms with E-state index in [9.17, 15) is 45.3 Å². The number of para-hydroxylation sites is 3. The molecule has 0 aromatic heterocycles.